The number of carboxylic acids is 1. The highest BCUT2D eigenvalue weighted by molar-refractivity contribution is 5.84. The molecule has 0 aliphatic heterocycles. The monoisotopic (exact) mass is 411 g/mol. The van der Waals surface area contributed by atoms with E-state index in [-0.39, 0.29) is 11.6 Å². The molecule has 2 aromatic rings. The van der Waals surface area contributed by atoms with Gasteiger partial charge in [-0.25, -0.2) is 9.37 Å². The second-order valence-corrected chi connectivity index (χ2v) is 8.29. The molecule has 1 saturated carbocycles. The summed E-state index contributed by atoms with van der Waals surface area (Å²) in [7, 11) is 0. The van der Waals surface area contributed by atoms with Crippen LogP contribution < -0.4 is 4.74 Å². The zero-order valence-electron chi connectivity index (χ0n) is 16.3. The lowest BCUT2D eigenvalue weighted by Crippen LogP contribution is -2.39. The maximum Gasteiger partial charge on any atom is 0.398 e. The number of pyridine rings is 1. The standard InChI is InChI=1S/C21H21F4NO3/c1-18(2)19(3,4)20(18,17(27)28)16(21(23,24)25)14-6-5-7-15(26-14)29-13-10-8-12(22)9-11-13/h5-11,16H,1-4H3,(H,27,28). The smallest absolute Gasteiger partial charge is 0.398 e. The summed E-state index contributed by atoms with van der Waals surface area (Å²) < 4.78 is 61.1. The van der Waals surface area contributed by atoms with Crippen molar-refractivity contribution in [3.8, 4) is 11.6 Å². The number of hydrogen-bond donors (Lipinski definition) is 1. The molecule has 29 heavy (non-hydrogen) atoms. The normalized spacial score (nSPS) is 20.0. The van der Waals surface area contributed by atoms with Crippen molar-refractivity contribution in [2.75, 3.05) is 0 Å². The van der Waals surface area contributed by atoms with Gasteiger partial charge in [0.1, 0.15) is 17.5 Å². The van der Waals surface area contributed by atoms with Crippen LogP contribution in [0.5, 0.6) is 11.6 Å². The first kappa shape index (κ1) is 21.1. The number of ether oxygens (including phenoxy) is 1. The quantitative estimate of drug-likeness (QED) is 0.632. The molecule has 1 heterocycles. The van der Waals surface area contributed by atoms with Gasteiger partial charge in [-0.15, -0.1) is 0 Å². The van der Waals surface area contributed by atoms with Crippen LogP contribution in [0.25, 0.3) is 0 Å². The van der Waals surface area contributed by atoms with Crippen LogP contribution in [0.2, 0.25) is 0 Å². The van der Waals surface area contributed by atoms with Gasteiger partial charge >= 0.3 is 12.1 Å². The fraction of sp³-hybridized carbons (Fsp3) is 0.429. The summed E-state index contributed by atoms with van der Waals surface area (Å²) in [5.41, 5.74) is -4.76. The largest absolute Gasteiger partial charge is 0.481 e. The lowest BCUT2D eigenvalue weighted by Gasteiger charge is -2.30. The first-order valence-electron chi connectivity index (χ1n) is 8.97. The zero-order chi connectivity index (χ0) is 21.8. The predicted molar refractivity (Wildman–Crippen MR) is 97.1 cm³/mol. The number of rotatable bonds is 5. The number of aromatic nitrogens is 1. The van der Waals surface area contributed by atoms with Crippen LogP contribution in [0.3, 0.4) is 0 Å². The minimum Gasteiger partial charge on any atom is -0.481 e. The molecule has 8 heteroatoms. The summed E-state index contributed by atoms with van der Waals surface area (Å²) in [6.45, 7) is 6.11. The van der Waals surface area contributed by atoms with E-state index in [9.17, 15) is 27.5 Å². The van der Waals surface area contributed by atoms with Crippen LogP contribution in [0.4, 0.5) is 17.6 Å². The van der Waals surface area contributed by atoms with Crippen molar-refractivity contribution in [2.24, 2.45) is 16.2 Å². The molecule has 1 atom stereocenters. The van der Waals surface area contributed by atoms with Crippen LogP contribution in [0.15, 0.2) is 42.5 Å². The Morgan fingerprint density at radius 1 is 1.03 bits per heavy atom. The van der Waals surface area contributed by atoms with E-state index in [0.29, 0.717) is 0 Å². The lowest BCUT2D eigenvalue weighted by molar-refractivity contribution is -0.186. The molecule has 1 aromatic heterocycles. The number of nitrogens with zero attached hydrogens (tertiary/aromatic N) is 1. The number of carbonyl (C=O) groups is 1. The Balaban J connectivity index is 2.08. The molecule has 0 bridgehead atoms. The molecule has 0 spiro atoms. The second-order valence-electron chi connectivity index (χ2n) is 8.29. The number of alkyl halides is 3. The van der Waals surface area contributed by atoms with Crippen LogP contribution in [0.1, 0.15) is 39.3 Å². The summed E-state index contributed by atoms with van der Waals surface area (Å²) in [4.78, 5) is 16.2. The number of halogens is 4. The predicted octanol–water partition coefficient (Wildman–Crippen LogP) is 5.80. The fourth-order valence-corrected chi connectivity index (χ4v) is 4.64. The number of carboxylic acid groups (broad SMARTS) is 1. The molecule has 1 aliphatic carbocycles. The SMILES string of the molecule is CC1(C)C(C)(C)C1(C(=O)O)C(c1cccc(Oc2ccc(F)cc2)n1)C(F)(F)F. The van der Waals surface area contributed by atoms with Gasteiger partial charge in [-0.2, -0.15) is 13.2 Å². The van der Waals surface area contributed by atoms with Crippen molar-refractivity contribution in [2.45, 2.75) is 39.8 Å². The van der Waals surface area contributed by atoms with Crippen molar-refractivity contribution in [1.82, 2.24) is 4.98 Å². The van der Waals surface area contributed by atoms with Gasteiger partial charge in [0, 0.05) is 6.07 Å². The number of aliphatic carboxylic acids is 1. The van der Waals surface area contributed by atoms with Crippen molar-refractivity contribution in [3.05, 3.63) is 54.0 Å². The summed E-state index contributed by atoms with van der Waals surface area (Å²) in [5.74, 6) is -4.27. The molecule has 1 N–H and O–H groups in total. The van der Waals surface area contributed by atoms with E-state index in [1.807, 2.05) is 0 Å². The van der Waals surface area contributed by atoms with E-state index in [2.05, 4.69) is 4.98 Å². The number of benzene rings is 1. The molecular formula is C21H21F4NO3. The Morgan fingerprint density at radius 2 is 1.59 bits per heavy atom. The van der Waals surface area contributed by atoms with Crippen molar-refractivity contribution in [3.63, 3.8) is 0 Å². The Morgan fingerprint density at radius 3 is 2.03 bits per heavy atom. The molecule has 1 aliphatic rings. The molecule has 0 amide bonds. The Bertz CT molecular complexity index is 922. The molecule has 4 nitrogen and oxygen atoms in total. The summed E-state index contributed by atoms with van der Waals surface area (Å²) in [6, 6.07) is 8.77. The van der Waals surface area contributed by atoms with E-state index in [1.54, 1.807) is 0 Å². The van der Waals surface area contributed by atoms with Crippen molar-refractivity contribution < 1.29 is 32.2 Å². The minimum atomic E-state index is -4.84. The lowest BCUT2D eigenvalue weighted by atomic mass is 9.77. The third kappa shape index (κ3) is 2.96. The molecule has 0 radical (unpaired) electrons. The van der Waals surface area contributed by atoms with E-state index in [1.165, 1.54) is 52.0 Å². The second kappa shape index (κ2) is 6.43. The van der Waals surface area contributed by atoms with Gasteiger partial charge in [0.15, 0.2) is 0 Å². The minimum absolute atomic E-state index is 0.139. The molecule has 0 saturated heterocycles. The van der Waals surface area contributed by atoms with Crippen molar-refractivity contribution in [1.29, 1.82) is 0 Å². The maximum absolute atomic E-state index is 14.2. The van der Waals surface area contributed by atoms with Crippen LogP contribution in [0, 0.1) is 22.1 Å². The Labute approximate surface area is 165 Å². The highest BCUT2D eigenvalue weighted by atomic mass is 19.4. The molecule has 1 fully saturated rings. The van der Waals surface area contributed by atoms with Crippen molar-refractivity contribution >= 4 is 5.97 Å². The average Bonchev–Trinajstić information content (AvgIpc) is 2.95. The van der Waals surface area contributed by atoms with Gasteiger partial charge in [0.25, 0.3) is 0 Å². The van der Waals surface area contributed by atoms with Gasteiger partial charge in [-0.1, -0.05) is 33.8 Å². The van der Waals surface area contributed by atoms with Crippen LogP contribution >= 0.6 is 0 Å². The molecular weight excluding hydrogens is 390 g/mol. The summed E-state index contributed by atoms with van der Waals surface area (Å²) >= 11 is 0. The zero-order valence-corrected chi connectivity index (χ0v) is 16.3. The van der Waals surface area contributed by atoms with Gasteiger partial charge < -0.3 is 9.84 Å². The van der Waals surface area contributed by atoms with E-state index in [4.69, 9.17) is 4.74 Å². The highest BCUT2D eigenvalue weighted by Gasteiger charge is 2.87. The first-order chi connectivity index (χ1) is 13.3. The van der Waals surface area contributed by atoms with Gasteiger partial charge in [0.2, 0.25) is 5.88 Å². The van der Waals surface area contributed by atoms with E-state index < -0.39 is 45.8 Å². The van der Waals surface area contributed by atoms with Gasteiger partial charge in [-0.3, -0.25) is 4.79 Å². The van der Waals surface area contributed by atoms with Gasteiger partial charge in [-0.05, 0) is 41.2 Å². The molecule has 3 rings (SSSR count). The third-order valence-corrected chi connectivity index (χ3v) is 6.65. The van der Waals surface area contributed by atoms with Crippen LogP contribution in [-0.2, 0) is 4.79 Å². The maximum atomic E-state index is 14.2. The topological polar surface area (TPSA) is 59.4 Å². The Kier molecular flexibility index (Phi) is 4.68. The summed E-state index contributed by atoms with van der Waals surface area (Å²) in [6.07, 6.45) is -4.84. The van der Waals surface area contributed by atoms with Crippen LogP contribution in [-0.4, -0.2) is 22.2 Å². The highest BCUT2D eigenvalue weighted by Crippen LogP contribution is 2.83. The third-order valence-electron chi connectivity index (χ3n) is 6.65. The molecule has 1 unspecified atom stereocenters. The average molecular weight is 411 g/mol. The first-order valence-corrected chi connectivity index (χ1v) is 8.97. The number of hydrogen-bond acceptors (Lipinski definition) is 3. The fourth-order valence-electron chi connectivity index (χ4n) is 4.64. The Hall–Kier alpha value is -2.64. The van der Waals surface area contributed by atoms with Gasteiger partial charge in [0.05, 0.1) is 11.1 Å². The summed E-state index contributed by atoms with van der Waals surface area (Å²) in [5, 5.41) is 9.91. The van der Waals surface area contributed by atoms with E-state index >= 15 is 0 Å². The molecule has 1 aromatic carbocycles. The van der Waals surface area contributed by atoms with E-state index in [0.717, 1.165) is 18.2 Å². The molecule has 156 valence electrons.